The molecule has 0 bridgehead atoms. The molecule has 0 spiro atoms. The fraction of sp³-hybridized carbons (Fsp3) is 0.533. The molecule has 3 nitrogen and oxygen atoms in total. The van der Waals surface area contributed by atoms with Crippen molar-refractivity contribution >= 4 is 29.2 Å². The van der Waals surface area contributed by atoms with Gasteiger partial charge in [-0.2, -0.15) is 0 Å². The number of benzene rings is 1. The molecule has 1 unspecified atom stereocenters. The lowest BCUT2D eigenvalue weighted by molar-refractivity contribution is -0.138. The van der Waals surface area contributed by atoms with Crippen molar-refractivity contribution < 1.29 is 9.90 Å². The minimum absolute atomic E-state index is 0.0556. The molecule has 1 aliphatic rings. The molecule has 1 heterocycles. The van der Waals surface area contributed by atoms with Crippen LogP contribution in [0.25, 0.3) is 0 Å². The van der Waals surface area contributed by atoms with Crippen LogP contribution in [0.15, 0.2) is 18.2 Å². The summed E-state index contributed by atoms with van der Waals surface area (Å²) in [7, 11) is 0. The van der Waals surface area contributed by atoms with Gasteiger partial charge in [0, 0.05) is 16.1 Å². The number of carboxylic acid groups (broad SMARTS) is 1. The van der Waals surface area contributed by atoms with E-state index in [2.05, 4.69) is 4.90 Å². The quantitative estimate of drug-likeness (QED) is 0.896. The van der Waals surface area contributed by atoms with Crippen LogP contribution in [0.5, 0.6) is 0 Å². The second kappa shape index (κ2) is 7.30. The molecular weight excluding hydrogens is 297 g/mol. The second-order valence-electron chi connectivity index (χ2n) is 5.23. The van der Waals surface area contributed by atoms with Gasteiger partial charge in [-0.05, 0) is 49.7 Å². The van der Waals surface area contributed by atoms with Gasteiger partial charge in [0.15, 0.2) is 0 Å². The summed E-state index contributed by atoms with van der Waals surface area (Å²) in [5.74, 6) is -0.810. The first-order valence-electron chi connectivity index (χ1n) is 6.98. The fourth-order valence-electron chi connectivity index (χ4n) is 2.78. The van der Waals surface area contributed by atoms with Gasteiger partial charge in [-0.25, -0.2) is 0 Å². The maximum absolute atomic E-state index is 11.2. The van der Waals surface area contributed by atoms with Gasteiger partial charge in [-0.1, -0.05) is 36.0 Å². The summed E-state index contributed by atoms with van der Waals surface area (Å²) in [5.41, 5.74) is 0.823. The molecule has 0 aromatic heterocycles. The van der Waals surface area contributed by atoms with Crippen molar-refractivity contribution in [2.24, 2.45) is 0 Å². The lowest BCUT2D eigenvalue weighted by atomic mass is 10.0. The van der Waals surface area contributed by atoms with Crippen molar-refractivity contribution in [3.05, 3.63) is 33.8 Å². The number of likely N-dealkylation sites (tertiary alicyclic amines) is 1. The Labute approximate surface area is 129 Å². The summed E-state index contributed by atoms with van der Waals surface area (Å²) in [5, 5.41) is 10.4. The maximum Gasteiger partial charge on any atom is 0.305 e. The number of hydrogen-bond donors (Lipinski definition) is 1. The smallest absolute Gasteiger partial charge is 0.305 e. The highest BCUT2D eigenvalue weighted by Gasteiger charge is 2.25. The van der Waals surface area contributed by atoms with Crippen LogP contribution in [0.2, 0.25) is 10.0 Å². The monoisotopic (exact) mass is 315 g/mol. The zero-order valence-electron chi connectivity index (χ0n) is 11.3. The van der Waals surface area contributed by atoms with E-state index >= 15 is 0 Å². The Morgan fingerprint density at radius 2 is 1.85 bits per heavy atom. The minimum Gasteiger partial charge on any atom is -0.481 e. The van der Waals surface area contributed by atoms with Crippen LogP contribution in [0.4, 0.5) is 0 Å². The molecule has 0 saturated carbocycles. The third kappa shape index (κ3) is 4.11. The van der Waals surface area contributed by atoms with Crippen LogP contribution < -0.4 is 0 Å². The molecular formula is C15H19Cl2NO2. The van der Waals surface area contributed by atoms with E-state index in [1.165, 1.54) is 12.8 Å². The molecule has 1 aromatic carbocycles. The zero-order valence-corrected chi connectivity index (χ0v) is 12.8. The van der Waals surface area contributed by atoms with Crippen LogP contribution in [0.3, 0.4) is 0 Å². The predicted molar refractivity (Wildman–Crippen MR) is 81.5 cm³/mol. The Balaban J connectivity index is 2.30. The first kappa shape index (κ1) is 15.6. The van der Waals surface area contributed by atoms with Gasteiger partial charge in [0.25, 0.3) is 0 Å². The summed E-state index contributed by atoms with van der Waals surface area (Å²) in [6.45, 7) is 1.83. The van der Waals surface area contributed by atoms with E-state index in [-0.39, 0.29) is 12.5 Å². The highest BCUT2D eigenvalue weighted by Crippen LogP contribution is 2.33. The number of hydrogen-bond acceptors (Lipinski definition) is 2. The first-order chi connectivity index (χ1) is 9.58. The molecule has 1 N–H and O–H groups in total. The summed E-state index contributed by atoms with van der Waals surface area (Å²) in [6.07, 6.45) is 4.68. The van der Waals surface area contributed by atoms with Crippen LogP contribution in [-0.2, 0) is 4.79 Å². The Kier molecular flexibility index (Phi) is 5.70. The van der Waals surface area contributed by atoms with E-state index in [1.807, 2.05) is 0 Å². The highest BCUT2D eigenvalue weighted by atomic mass is 35.5. The number of halogens is 2. The lowest BCUT2D eigenvalue weighted by Gasteiger charge is -2.30. The van der Waals surface area contributed by atoms with Gasteiger partial charge in [0.05, 0.1) is 6.42 Å². The SMILES string of the molecule is O=C(O)CC(c1cc(Cl)ccc1Cl)N1CCCCCC1. The average molecular weight is 316 g/mol. The topological polar surface area (TPSA) is 40.5 Å². The van der Waals surface area contributed by atoms with E-state index in [0.717, 1.165) is 31.5 Å². The summed E-state index contributed by atoms with van der Waals surface area (Å²) in [4.78, 5) is 13.4. The molecule has 5 heteroatoms. The van der Waals surface area contributed by atoms with Crippen molar-refractivity contribution in [3.8, 4) is 0 Å². The summed E-state index contributed by atoms with van der Waals surface area (Å²) in [6, 6.07) is 5.07. The number of carboxylic acids is 1. The van der Waals surface area contributed by atoms with Gasteiger partial charge >= 0.3 is 5.97 Å². The maximum atomic E-state index is 11.2. The van der Waals surface area contributed by atoms with Crippen molar-refractivity contribution in [2.75, 3.05) is 13.1 Å². The number of rotatable bonds is 4. The van der Waals surface area contributed by atoms with E-state index in [4.69, 9.17) is 23.2 Å². The van der Waals surface area contributed by atoms with Gasteiger partial charge in [0.1, 0.15) is 0 Å². The summed E-state index contributed by atoms with van der Waals surface area (Å²) < 4.78 is 0. The molecule has 1 aliphatic heterocycles. The second-order valence-corrected chi connectivity index (χ2v) is 6.07. The molecule has 110 valence electrons. The standard InChI is InChI=1S/C15H19Cl2NO2/c16-11-5-6-13(17)12(9-11)14(10-15(19)20)18-7-3-1-2-4-8-18/h5-6,9,14H,1-4,7-8,10H2,(H,19,20). The van der Waals surface area contributed by atoms with Gasteiger partial charge < -0.3 is 5.11 Å². The molecule has 0 radical (unpaired) electrons. The molecule has 1 saturated heterocycles. The van der Waals surface area contributed by atoms with E-state index in [9.17, 15) is 9.90 Å². The normalized spacial score (nSPS) is 18.5. The van der Waals surface area contributed by atoms with Crippen LogP contribution in [-0.4, -0.2) is 29.1 Å². The van der Waals surface area contributed by atoms with Gasteiger partial charge in [-0.15, -0.1) is 0 Å². The predicted octanol–water partition coefficient (Wildman–Crippen LogP) is 4.39. The van der Waals surface area contributed by atoms with Crippen molar-refractivity contribution in [1.82, 2.24) is 4.90 Å². The Bertz CT molecular complexity index is 471. The third-order valence-corrected chi connectivity index (χ3v) is 4.35. The molecule has 0 amide bonds. The Morgan fingerprint density at radius 1 is 1.20 bits per heavy atom. The van der Waals surface area contributed by atoms with Crippen LogP contribution in [0, 0.1) is 0 Å². The Hall–Kier alpha value is -0.770. The minimum atomic E-state index is -0.810. The Morgan fingerprint density at radius 3 is 2.45 bits per heavy atom. The molecule has 0 aliphatic carbocycles. The lowest BCUT2D eigenvalue weighted by Crippen LogP contribution is -2.31. The van der Waals surface area contributed by atoms with Gasteiger partial charge in [0.2, 0.25) is 0 Å². The van der Waals surface area contributed by atoms with Crippen LogP contribution >= 0.6 is 23.2 Å². The molecule has 1 fully saturated rings. The fourth-order valence-corrected chi connectivity index (χ4v) is 3.20. The zero-order chi connectivity index (χ0) is 14.5. The molecule has 2 rings (SSSR count). The summed E-state index contributed by atoms with van der Waals surface area (Å²) >= 11 is 12.3. The number of nitrogens with zero attached hydrogens (tertiary/aromatic N) is 1. The van der Waals surface area contributed by atoms with E-state index in [0.29, 0.717) is 10.0 Å². The van der Waals surface area contributed by atoms with Crippen LogP contribution in [0.1, 0.15) is 43.7 Å². The highest BCUT2D eigenvalue weighted by molar-refractivity contribution is 6.33. The van der Waals surface area contributed by atoms with Crippen molar-refractivity contribution in [1.29, 1.82) is 0 Å². The van der Waals surface area contributed by atoms with E-state index < -0.39 is 5.97 Å². The third-order valence-electron chi connectivity index (χ3n) is 3.77. The first-order valence-corrected chi connectivity index (χ1v) is 7.74. The van der Waals surface area contributed by atoms with E-state index in [1.54, 1.807) is 18.2 Å². The average Bonchev–Trinajstić information content (AvgIpc) is 2.67. The number of aliphatic carboxylic acids is 1. The largest absolute Gasteiger partial charge is 0.481 e. The van der Waals surface area contributed by atoms with Crippen molar-refractivity contribution in [2.45, 2.75) is 38.1 Å². The van der Waals surface area contributed by atoms with Gasteiger partial charge in [-0.3, -0.25) is 9.69 Å². The molecule has 20 heavy (non-hydrogen) atoms. The van der Waals surface area contributed by atoms with Crippen molar-refractivity contribution in [3.63, 3.8) is 0 Å². The molecule has 1 atom stereocenters. The number of carbonyl (C=O) groups is 1. The molecule has 1 aromatic rings.